The number of H-pyrrole nitrogens is 1. The van der Waals surface area contributed by atoms with Crippen molar-refractivity contribution in [2.24, 2.45) is 7.05 Å². The molecule has 6 heteroatoms. The van der Waals surface area contributed by atoms with Gasteiger partial charge in [0.15, 0.2) is 7.05 Å². The second-order valence-corrected chi connectivity index (χ2v) is 3.17. The molecule has 0 amide bonds. The Labute approximate surface area is 85.5 Å². The van der Waals surface area contributed by atoms with Gasteiger partial charge < -0.3 is 9.73 Å². The summed E-state index contributed by atoms with van der Waals surface area (Å²) < 4.78 is 11.3. The predicted octanol–water partition coefficient (Wildman–Crippen LogP) is -0.325. The number of aromatic nitrogens is 2. The number of nitrogens with zero attached hydrogens (tertiary/aromatic N) is 1. The molecule has 0 bridgehead atoms. The summed E-state index contributed by atoms with van der Waals surface area (Å²) in [6, 6.07) is 3.69. The standard InChI is InChI=1S/C9H11N3O3/c1-12-8(9(13)15-11-12)6-10-5-7-3-2-4-14-7/h2-4,10H,5-6H2,1H3/p+1. The third-order valence-corrected chi connectivity index (χ3v) is 2.09. The summed E-state index contributed by atoms with van der Waals surface area (Å²) in [5, 5.41) is 5.52. The van der Waals surface area contributed by atoms with Gasteiger partial charge in [0.1, 0.15) is 5.76 Å². The lowest BCUT2D eigenvalue weighted by Gasteiger charge is -1.96. The number of furan rings is 1. The minimum atomic E-state index is -0.357. The average Bonchev–Trinajstić information content (AvgIpc) is 2.82. The highest BCUT2D eigenvalue weighted by Crippen LogP contribution is 1.98. The van der Waals surface area contributed by atoms with Crippen molar-refractivity contribution in [1.82, 2.24) is 10.6 Å². The van der Waals surface area contributed by atoms with Gasteiger partial charge in [-0.05, 0) is 17.4 Å². The maximum atomic E-state index is 11.2. The molecule has 0 unspecified atom stereocenters. The van der Waals surface area contributed by atoms with Gasteiger partial charge in [-0.25, -0.2) is 4.79 Å². The lowest BCUT2D eigenvalue weighted by atomic mass is 10.4. The Morgan fingerprint density at radius 1 is 1.53 bits per heavy atom. The first-order valence-electron chi connectivity index (χ1n) is 4.57. The second kappa shape index (κ2) is 4.14. The Balaban J connectivity index is 1.91. The van der Waals surface area contributed by atoms with Crippen LogP contribution >= 0.6 is 0 Å². The Bertz CT molecular complexity index is 469. The molecule has 2 aromatic rings. The summed E-state index contributed by atoms with van der Waals surface area (Å²) in [4.78, 5) is 11.2. The van der Waals surface area contributed by atoms with Crippen molar-refractivity contribution >= 4 is 0 Å². The van der Waals surface area contributed by atoms with E-state index in [1.54, 1.807) is 13.3 Å². The van der Waals surface area contributed by atoms with Crippen LogP contribution < -0.4 is 15.6 Å². The third-order valence-electron chi connectivity index (χ3n) is 2.09. The SMILES string of the molecule is C[n+]1[nH]oc(=O)c1CNCc1ccco1. The van der Waals surface area contributed by atoms with Gasteiger partial charge in [0.05, 0.1) is 19.4 Å². The Morgan fingerprint density at radius 3 is 3.00 bits per heavy atom. The summed E-state index contributed by atoms with van der Waals surface area (Å²) in [6.07, 6.45) is 1.61. The number of aromatic amines is 1. The Hall–Kier alpha value is -1.82. The summed E-state index contributed by atoms with van der Waals surface area (Å²) >= 11 is 0. The van der Waals surface area contributed by atoms with Gasteiger partial charge in [-0.3, -0.25) is 4.52 Å². The Kier molecular flexibility index (Phi) is 2.68. The molecule has 15 heavy (non-hydrogen) atoms. The highest BCUT2D eigenvalue weighted by Gasteiger charge is 2.15. The van der Waals surface area contributed by atoms with Crippen molar-refractivity contribution < 1.29 is 13.6 Å². The summed E-state index contributed by atoms with van der Waals surface area (Å²) in [6.45, 7) is 1.01. The molecule has 0 radical (unpaired) electrons. The van der Waals surface area contributed by atoms with Crippen LogP contribution in [0.5, 0.6) is 0 Å². The molecule has 0 saturated carbocycles. The van der Waals surface area contributed by atoms with Crippen LogP contribution in [-0.4, -0.2) is 5.27 Å². The molecule has 2 N–H and O–H groups in total. The van der Waals surface area contributed by atoms with Crippen molar-refractivity contribution in [1.29, 1.82) is 0 Å². The van der Waals surface area contributed by atoms with Gasteiger partial charge >= 0.3 is 11.3 Å². The predicted molar refractivity (Wildman–Crippen MR) is 49.8 cm³/mol. The lowest BCUT2D eigenvalue weighted by molar-refractivity contribution is -0.746. The number of nitrogens with one attached hydrogen (secondary N) is 2. The summed E-state index contributed by atoms with van der Waals surface area (Å²) in [7, 11) is 1.72. The molecule has 0 aliphatic rings. The fraction of sp³-hybridized carbons (Fsp3) is 0.333. The van der Waals surface area contributed by atoms with Crippen LogP contribution in [0.25, 0.3) is 0 Å². The topological polar surface area (TPSA) is 75.1 Å². The molecule has 0 atom stereocenters. The van der Waals surface area contributed by atoms with E-state index in [4.69, 9.17) is 4.42 Å². The van der Waals surface area contributed by atoms with E-state index in [1.165, 1.54) is 4.68 Å². The molecule has 0 aromatic carbocycles. The number of hydrogen-bond acceptors (Lipinski definition) is 4. The van der Waals surface area contributed by atoms with Crippen LogP contribution in [0.3, 0.4) is 0 Å². The van der Waals surface area contributed by atoms with Crippen molar-refractivity contribution in [2.45, 2.75) is 13.1 Å². The molecule has 0 aliphatic carbocycles. The van der Waals surface area contributed by atoms with Gasteiger partial charge in [0.2, 0.25) is 0 Å². The first kappa shape index (κ1) is 9.72. The van der Waals surface area contributed by atoms with E-state index in [-0.39, 0.29) is 5.63 Å². The largest absolute Gasteiger partial charge is 0.468 e. The van der Waals surface area contributed by atoms with Gasteiger partial charge in [0, 0.05) is 0 Å². The molecule has 6 nitrogen and oxygen atoms in total. The summed E-state index contributed by atoms with van der Waals surface area (Å²) in [5.41, 5.74) is 0.186. The lowest BCUT2D eigenvalue weighted by Crippen LogP contribution is -2.38. The minimum Gasteiger partial charge on any atom is -0.468 e. The molecule has 2 rings (SSSR count). The van der Waals surface area contributed by atoms with Crippen LogP contribution in [0.1, 0.15) is 11.5 Å². The van der Waals surface area contributed by atoms with Gasteiger partial charge in [0.25, 0.3) is 0 Å². The maximum absolute atomic E-state index is 11.2. The quantitative estimate of drug-likeness (QED) is 0.678. The fourth-order valence-electron chi connectivity index (χ4n) is 1.27. The van der Waals surface area contributed by atoms with E-state index >= 15 is 0 Å². The van der Waals surface area contributed by atoms with Crippen molar-refractivity contribution in [3.05, 3.63) is 40.3 Å². The van der Waals surface area contributed by atoms with Crippen LogP contribution in [-0.2, 0) is 20.1 Å². The molecular formula is C9H12N3O3+. The van der Waals surface area contributed by atoms with E-state index in [0.717, 1.165) is 5.76 Å². The van der Waals surface area contributed by atoms with Crippen molar-refractivity contribution in [2.75, 3.05) is 0 Å². The smallest absolute Gasteiger partial charge is 0.431 e. The number of hydrogen-bond donors (Lipinski definition) is 2. The zero-order valence-electron chi connectivity index (χ0n) is 8.32. The van der Waals surface area contributed by atoms with Crippen LogP contribution in [0.2, 0.25) is 0 Å². The van der Waals surface area contributed by atoms with Gasteiger partial charge in [-0.2, -0.15) is 0 Å². The monoisotopic (exact) mass is 210 g/mol. The van der Waals surface area contributed by atoms with E-state index in [9.17, 15) is 4.79 Å². The highest BCUT2D eigenvalue weighted by atomic mass is 16.5. The molecule has 0 fully saturated rings. The molecule has 0 saturated heterocycles. The van der Waals surface area contributed by atoms with E-state index in [1.807, 2.05) is 12.1 Å². The number of rotatable bonds is 4. The van der Waals surface area contributed by atoms with Crippen LogP contribution in [0.4, 0.5) is 0 Å². The van der Waals surface area contributed by atoms with Crippen LogP contribution in [0.15, 0.2) is 32.1 Å². The molecule has 2 heterocycles. The summed E-state index contributed by atoms with van der Waals surface area (Å²) in [5.74, 6) is 0.831. The zero-order chi connectivity index (χ0) is 10.7. The average molecular weight is 210 g/mol. The van der Waals surface area contributed by atoms with E-state index < -0.39 is 0 Å². The third kappa shape index (κ3) is 2.16. The highest BCUT2D eigenvalue weighted by molar-refractivity contribution is 4.97. The molecule has 0 spiro atoms. The fourth-order valence-corrected chi connectivity index (χ4v) is 1.27. The van der Waals surface area contributed by atoms with Gasteiger partial charge in [-0.15, -0.1) is 0 Å². The zero-order valence-corrected chi connectivity index (χ0v) is 8.32. The molecule has 2 aromatic heterocycles. The maximum Gasteiger partial charge on any atom is 0.431 e. The van der Waals surface area contributed by atoms with Crippen LogP contribution in [0, 0.1) is 0 Å². The molecule has 0 aliphatic heterocycles. The van der Waals surface area contributed by atoms with Crippen molar-refractivity contribution in [3.63, 3.8) is 0 Å². The first-order valence-corrected chi connectivity index (χ1v) is 4.57. The Morgan fingerprint density at radius 2 is 2.40 bits per heavy atom. The second-order valence-electron chi connectivity index (χ2n) is 3.17. The van der Waals surface area contributed by atoms with E-state index in [0.29, 0.717) is 18.8 Å². The normalized spacial score (nSPS) is 10.7. The minimum absolute atomic E-state index is 0.357. The first-order chi connectivity index (χ1) is 7.27. The molecule has 80 valence electrons. The van der Waals surface area contributed by atoms with Gasteiger partial charge in [-0.1, -0.05) is 4.68 Å². The van der Waals surface area contributed by atoms with E-state index in [2.05, 4.69) is 15.1 Å². The molecular weight excluding hydrogens is 198 g/mol. The van der Waals surface area contributed by atoms with Crippen molar-refractivity contribution in [3.8, 4) is 0 Å². The number of aryl methyl sites for hydroxylation is 1.